The van der Waals surface area contributed by atoms with Gasteiger partial charge in [-0.2, -0.15) is 0 Å². The van der Waals surface area contributed by atoms with Crippen LogP contribution in [0.1, 0.15) is 146 Å². The minimum absolute atomic E-state index is 0.902. The van der Waals surface area contributed by atoms with E-state index < -0.39 is 0 Å². The van der Waals surface area contributed by atoms with Crippen LogP contribution < -0.4 is 0 Å². The Morgan fingerprint density at radius 2 is 1.13 bits per heavy atom. The quantitative estimate of drug-likeness (QED) is 0.0541. The fraction of sp³-hybridized carbons (Fsp3) is 0.568. The van der Waals surface area contributed by atoms with Crippen molar-refractivity contribution in [3.8, 4) is 0 Å². The van der Waals surface area contributed by atoms with E-state index in [1.807, 2.05) is 0 Å². The summed E-state index contributed by atoms with van der Waals surface area (Å²) in [7, 11) is 0. The molecule has 0 saturated heterocycles. The molecule has 2 rings (SSSR count). The maximum atomic E-state index is 9.66. The first-order valence-electron chi connectivity index (χ1n) is 16.1. The van der Waals surface area contributed by atoms with E-state index in [4.69, 9.17) is 0 Å². The van der Waals surface area contributed by atoms with Gasteiger partial charge in [0.2, 0.25) is 0 Å². The van der Waals surface area contributed by atoms with Crippen molar-refractivity contribution < 1.29 is 4.79 Å². The maximum Gasteiger partial charge on any atom is 0.303 e. The third kappa shape index (κ3) is 11.9. The number of rotatable bonds is 20. The third-order valence-corrected chi connectivity index (χ3v) is 7.73. The van der Waals surface area contributed by atoms with Crippen LogP contribution in [0.2, 0.25) is 0 Å². The first-order chi connectivity index (χ1) is 19.2. The van der Waals surface area contributed by atoms with Crippen LogP contribution in [0.5, 0.6) is 0 Å². The van der Waals surface area contributed by atoms with Crippen LogP contribution in [0.15, 0.2) is 59.7 Å². The second-order valence-corrected chi connectivity index (χ2v) is 11.1. The van der Waals surface area contributed by atoms with E-state index in [1.54, 1.807) is 0 Å². The second-order valence-electron chi connectivity index (χ2n) is 11.1. The number of benzene rings is 2. The van der Waals surface area contributed by atoms with E-state index in [-0.39, 0.29) is 0 Å². The van der Waals surface area contributed by atoms with Crippen molar-refractivity contribution >= 4 is 11.4 Å². The monoisotopic (exact) mass is 526 g/mol. The van der Waals surface area contributed by atoms with Gasteiger partial charge in [0.1, 0.15) is 0 Å². The fourth-order valence-corrected chi connectivity index (χ4v) is 5.46. The topological polar surface area (TPSA) is 36.4 Å². The summed E-state index contributed by atoms with van der Waals surface area (Å²) in [4.78, 5) is 3.46. The molecule has 39 heavy (non-hydrogen) atoms. The van der Waals surface area contributed by atoms with E-state index >= 15 is 0 Å². The molecule has 2 aromatic carbocycles. The average Bonchev–Trinajstić information content (AvgIpc) is 2.95. The van der Waals surface area contributed by atoms with Gasteiger partial charge in [0.05, 0.1) is 5.57 Å². The van der Waals surface area contributed by atoms with Crippen molar-refractivity contribution in [3.63, 3.8) is 0 Å². The zero-order chi connectivity index (χ0) is 28.1. The Hall–Kier alpha value is -2.66. The molecule has 0 aromatic heterocycles. The van der Waals surface area contributed by atoms with Gasteiger partial charge in [-0.25, -0.2) is 0 Å². The highest BCUT2D eigenvalue weighted by Crippen LogP contribution is 2.35. The van der Waals surface area contributed by atoms with Crippen LogP contribution in [-0.4, -0.2) is 10.7 Å². The highest BCUT2D eigenvalue weighted by atomic mass is 14.8. The van der Waals surface area contributed by atoms with Crippen molar-refractivity contribution in [3.05, 3.63) is 87.5 Å². The summed E-state index contributed by atoms with van der Waals surface area (Å²) in [5.41, 5.74) is 18.7. The van der Waals surface area contributed by atoms with Crippen LogP contribution in [0.25, 0.3) is 11.1 Å². The summed E-state index contributed by atoms with van der Waals surface area (Å²) in [6, 6.07) is 18.4. The molecule has 0 fully saturated rings. The molecule has 0 bridgehead atoms. The van der Waals surface area contributed by atoms with E-state index in [9.17, 15) is 5.53 Å². The van der Waals surface area contributed by atoms with Gasteiger partial charge in [-0.1, -0.05) is 134 Å². The second kappa shape index (κ2) is 20.3. The Bertz CT molecular complexity index is 1080. The molecule has 0 aliphatic carbocycles. The summed E-state index contributed by atoms with van der Waals surface area (Å²) < 4.78 is 0. The Balaban J connectivity index is 2.66. The third-order valence-electron chi connectivity index (χ3n) is 7.73. The van der Waals surface area contributed by atoms with Crippen molar-refractivity contribution in [1.82, 2.24) is 0 Å². The van der Waals surface area contributed by atoms with Gasteiger partial charge in [0, 0.05) is 0 Å². The summed E-state index contributed by atoms with van der Waals surface area (Å²) in [6.07, 6.45) is 20.0. The van der Waals surface area contributed by atoms with Crippen molar-refractivity contribution in [2.24, 2.45) is 0 Å². The highest BCUT2D eigenvalue weighted by molar-refractivity contribution is 5.87. The first kappa shape index (κ1) is 32.6. The van der Waals surface area contributed by atoms with E-state index in [2.05, 4.69) is 86.9 Å². The Morgan fingerprint density at radius 1 is 0.615 bits per heavy atom. The van der Waals surface area contributed by atoms with E-state index in [0.29, 0.717) is 0 Å². The molecule has 0 saturated carbocycles. The van der Waals surface area contributed by atoms with Crippen molar-refractivity contribution in [2.45, 2.75) is 137 Å². The highest BCUT2D eigenvalue weighted by Gasteiger charge is 2.19. The van der Waals surface area contributed by atoms with Crippen LogP contribution in [0.3, 0.4) is 0 Å². The molecule has 0 unspecified atom stereocenters. The SMILES string of the molecule is CCCCCCC(=C=[N+]=[N-])C(CCCC)=C(c1cccc(CCCCC)c1)c1cccc(CCCCCC)c1. The molecule has 0 N–H and O–H groups in total. The van der Waals surface area contributed by atoms with Gasteiger partial charge in [0.15, 0.2) is 0 Å². The molecule has 0 aliphatic rings. The van der Waals surface area contributed by atoms with Gasteiger partial charge in [-0.3, -0.25) is 0 Å². The normalized spacial score (nSPS) is 11.6. The number of hydrogen-bond donors (Lipinski definition) is 0. The number of unbranched alkanes of at least 4 members (excludes halogenated alkanes) is 9. The molecule has 2 heteroatoms. The first-order valence-corrected chi connectivity index (χ1v) is 16.1. The summed E-state index contributed by atoms with van der Waals surface area (Å²) in [6.45, 7) is 9.05. The van der Waals surface area contributed by atoms with Gasteiger partial charge >= 0.3 is 5.87 Å². The molecule has 0 atom stereocenters. The lowest BCUT2D eigenvalue weighted by molar-refractivity contribution is 0.00739. The van der Waals surface area contributed by atoms with Crippen molar-refractivity contribution in [1.29, 1.82) is 0 Å². The Labute approximate surface area is 240 Å². The smallest absolute Gasteiger partial charge is 0.303 e. The minimum atomic E-state index is 0.902. The van der Waals surface area contributed by atoms with Crippen LogP contribution in [0, 0.1) is 0 Å². The summed E-state index contributed by atoms with van der Waals surface area (Å²) >= 11 is 0. The number of nitrogens with zero attached hydrogens (tertiary/aromatic N) is 2. The molecule has 2 aromatic rings. The van der Waals surface area contributed by atoms with Crippen molar-refractivity contribution in [2.75, 3.05) is 0 Å². The predicted molar refractivity (Wildman–Crippen MR) is 170 cm³/mol. The molecule has 2 nitrogen and oxygen atoms in total. The zero-order valence-electron chi connectivity index (χ0n) is 25.5. The molecule has 0 spiro atoms. The van der Waals surface area contributed by atoms with Gasteiger partial charge in [-0.05, 0) is 84.8 Å². The molecular weight excluding hydrogens is 472 g/mol. The minimum Gasteiger partial charge on any atom is -0.348 e. The maximum absolute atomic E-state index is 9.66. The standard InChI is InChI=1S/C37H54N2/c1-5-9-13-16-21-32-23-19-26-34(29-32)37(33-25-18-22-31(28-33)20-15-11-7-3)36(27-12-8-4)35(30-39-38)24-17-14-10-6-2/h18-19,22-23,25-26,28-29H,5-17,20-21,24,27H2,1-4H3. The van der Waals surface area contributed by atoms with E-state index in [1.165, 1.54) is 97.6 Å². The molecule has 212 valence electrons. The molecule has 0 aliphatic heterocycles. The largest absolute Gasteiger partial charge is 0.348 e. The lowest BCUT2D eigenvalue weighted by Gasteiger charge is -2.19. The average molecular weight is 527 g/mol. The summed E-state index contributed by atoms with van der Waals surface area (Å²) in [5, 5.41) is 0. The van der Waals surface area contributed by atoms with Crippen LogP contribution in [-0.2, 0) is 12.8 Å². The number of aryl methyl sites for hydroxylation is 2. The predicted octanol–water partition coefficient (Wildman–Crippen LogP) is 11.3. The molecular formula is C37H54N2. The zero-order valence-corrected chi connectivity index (χ0v) is 25.5. The lowest BCUT2D eigenvalue weighted by Crippen LogP contribution is -2.02. The van der Waals surface area contributed by atoms with Gasteiger partial charge in [-0.15, -0.1) is 4.79 Å². The molecule has 0 radical (unpaired) electrons. The fourth-order valence-electron chi connectivity index (χ4n) is 5.46. The Kier molecular flexibility index (Phi) is 16.9. The molecule has 0 amide bonds. The summed E-state index contributed by atoms with van der Waals surface area (Å²) in [5.74, 6) is 3.05. The number of hydrogen-bond acceptors (Lipinski definition) is 0. The van der Waals surface area contributed by atoms with Gasteiger partial charge in [0.25, 0.3) is 0 Å². The lowest BCUT2D eigenvalue weighted by atomic mass is 9.84. The van der Waals surface area contributed by atoms with Crippen LogP contribution in [0.4, 0.5) is 0 Å². The van der Waals surface area contributed by atoms with Crippen LogP contribution >= 0.6 is 0 Å². The Morgan fingerprint density at radius 3 is 1.67 bits per heavy atom. The van der Waals surface area contributed by atoms with E-state index in [0.717, 1.165) is 50.5 Å². The molecule has 0 heterocycles. The van der Waals surface area contributed by atoms with Gasteiger partial charge < -0.3 is 5.53 Å². The number of allylic oxidation sites excluding steroid dienone is 2.